The van der Waals surface area contributed by atoms with Gasteiger partial charge in [0.2, 0.25) is 0 Å². The Kier molecular flexibility index (Phi) is 5.16. The molecule has 172 valence electrons. The Balaban J connectivity index is 1.94. The van der Waals surface area contributed by atoms with Crippen LogP contribution in [0.15, 0.2) is 34.8 Å². The fourth-order valence-electron chi connectivity index (χ4n) is 6.45. The molecule has 32 heavy (non-hydrogen) atoms. The number of phenols is 1. The highest BCUT2D eigenvalue weighted by molar-refractivity contribution is 6.13. The summed E-state index contributed by atoms with van der Waals surface area (Å²) in [5, 5.41) is 44.0. The second-order valence-corrected chi connectivity index (χ2v) is 9.88. The van der Waals surface area contributed by atoms with Crippen LogP contribution in [0.25, 0.3) is 0 Å². The molecule has 3 aliphatic rings. The number of carbonyl (C=O) groups excluding carboxylic acids is 2. The fourth-order valence-corrected chi connectivity index (χ4v) is 6.45. The lowest BCUT2D eigenvalue weighted by atomic mass is 9.55. The molecule has 0 saturated heterocycles. The zero-order valence-corrected chi connectivity index (χ0v) is 18.8. The lowest BCUT2D eigenvalue weighted by Crippen LogP contribution is -2.55. The summed E-state index contributed by atoms with van der Waals surface area (Å²) in [7, 11) is 0. The Morgan fingerprint density at radius 3 is 2.44 bits per heavy atom. The summed E-state index contributed by atoms with van der Waals surface area (Å²) in [4.78, 5) is 25.7. The maximum atomic E-state index is 13.6. The molecule has 1 amide bonds. The van der Waals surface area contributed by atoms with Crippen molar-refractivity contribution in [2.75, 3.05) is 0 Å². The Labute approximate surface area is 187 Å². The van der Waals surface area contributed by atoms with Crippen LogP contribution in [0.4, 0.5) is 0 Å². The first-order valence-corrected chi connectivity index (χ1v) is 11.2. The predicted molar refractivity (Wildman–Crippen MR) is 118 cm³/mol. The number of allylic oxidation sites excluding steroid dienone is 2. The molecule has 5 atom stereocenters. The average molecular weight is 442 g/mol. The van der Waals surface area contributed by atoms with Crippen molar-refractivity contribution in [1.82, 2.24) is 0 Å². The normalized spacial score (nSPS) is 32.0. The van der Waals surface area contributed by atoms with E-state index in [0.29, 0.717) is 19.3 Å². The molecule has 0 aromatic heterocycles. The molecular weight excluding hydrogens is 410 g/mol. The number of aliphatic hydroxyl groups is 3. The maximum absolute atomic E-state index is 13.6. The number of amides is 1. The highest BCUT2D eigenvalue weighted by atomic mass is 16.3. The Bertz CT molecular complexity index is 1080. The van der Waals surface area contributed by atoms with E-state index in [-0.39, 0.29) is 51.7 Å². The van der Waals surface area contributed by atoms with Crippen LogP contribution in [-0.4, -0.2) is 37.7 Å². The molecule has 0 fully saturated rings. The van der Waals surface area contributed by atoms with E-state index in [1.165, 1.54) is 13.0 Å². The number of Topliss-reactive ketones (excluding diaryl/α,β-unsaturated/α-hetero) is 1. The molecule has 4 rings (SSSR count). The van der Waals surface area contributed by atoms with E-state index < -0.39 is 29.1 Å². The number of hydrogen-bond donors (Lipinski definition) is 5. The molecule has 0 aliphatic heterocycles. The summed E-state index contributed by atoms with van der Waals surface area (Å²) in [5.74, 6) is -4.01. The number of carbonyl (C=O) groups is 2. The molecule has 0 bridgehead atoms. The summed E-state index contributed by atoms with van der Waals surface area (Å²) in [5.41, 5.74) is 5.38. The molecule has 7 nitrogen and oxygen atoms in total. The van der Waals surface area contributed by atoms with Crippen molar-refractivity contribution in [1.29, 1.82) is 0 Å². The first-order valence-electron chi connectivity index (χ1n) is 11.2. The van der Waals surface area contributed by atoms with E-state index in [1.807, 2.05) is 26.8 Å². The summed E-state index contributed by atoms with van der Waals surface area (Å²) < 4.78 is 0. The zero-order chi connectivity index (χ0) is 23.7. The molecule has 0 saturated carbocycles. The van der Waals surface area contributed by atoms with E-state index >= 15 is 0 Å². The number of fused-ring (bicyclic) bond motifs is 3. The minimum Gasteiger partial charge on any atom is -0.511 e. The largest absolute Gasteiger partial charge is 0.511 e. The van der Waals surface area contributed by atoms with Crippen LogP contribution >= 0.6 is 0 Å². The SMILES string of the molecule is CCC1C(O)=C(C(N)=O)C(C)(O)C2C(O)=C3C(=O)c4c(O)ccc(C(C)C)c4CC3CC12. The van der Waals surface area contributed by atoms with Crippen LogP contribution in [0, 0.1) is 23.7 Å². The van der Waals surface area contributed by atoms with Crippen LogP contribution in [0.1, 0.15) is 67.9 Å². The van der Waals surface area contributed by atoms with Crippen LogP contribution in [0.3, 0.4) is 0 Å². The Morgan fingerprint density at radius 1 is 1.22 bits per heavy atom. The van der Waals surface area contributed by atoms with Gasteiger partial charge in [0, 0.05) is 11.5 Å². The number of benzene rings is 1. The fraction of sp³-hybridized carbons (Fsp3) is 0.520. The Hall–Kier alpha value is -2.80. The third-order valence-corrected chi connectivity index (χ3v) is 7.76. The van der Waals surface area contributed by atoms with Gasteiger partial charge >= 0.3 is 0 Å². The molecule has 1 aromatic rings. The van der Waals surface area contributed by atoms with Gasteiger partial charge < -0.3 is 26.2 Å². The van der Waals surface area contributed by atoms with Gasteiger partial charge in [-0.2, -0.15) is 0 Å². The lowest BCUT2D eigenvalue weighted by Gasteiger charge is -2.51. The molecule has 0 radical (unpaired) electrons. The minimum atomic E-state index is -1.93. The number of aliphatic hydroxyl groups excluding tert-OH is 2. The number of primary amides is 1. The van der Waals surface area contributed by atoms with Gasteiger partial charge in [-0.25, -0.2) is 0 Å². The van der Waals surface area contributed by atoms with E-state index in [0.717, 1.165) is 11.1 Å². The van der Waals surface area contributed by atoms with Gasteiger partial charge in [0.15, 0.2) is 5.78 Å². The minimum absolute atomic E-state index is 0.132. The van der Waals surface area contributed by atoms with Crippen LogP contribution in [0.2, 0.25) is 0 Å². The van der Waals surface area contributed by atoms with Crippen molar-refractivity contribution >= 4 is 11.7 Å². The van der Waals surface area contributed by atoms with Gasteiger partial charge in [-0.15, -0.1) is 0 Å². The topological polar surface area (TPSA) is 141 Å². The smallest absolute Gasteiger partial charge is 0.250 e. The second kappa shape index (κ2) is 7.37. The number of aromatic hydroxyl groups is 1. The van der Waals surface area contributed by atoms with E-state index in [4.69, 9.17) is 5.73 Å². The third kappa shape index (κ3) is 2.90. The van der Waals surface area contributed by atoms with Gasteiger partial charge in [0.1, 0.15) is 22.9 Å². The van der Waals surface area contributed by atoms with Gasteiger partial charge in [-0.05, 0) is 61.1 Å². The quantitative estimate of drug-likeness (QED) is 0.487. The van der Waals surface area contributed by atoms with Crippen LogP contribution < -0.4 is 5.73 Å². The van der Waals surface area contributed by atoms with Crippen molar-refractivity contribution < 1.29 is 30.0 Å². The Morgan fingerprint density at radius 2 is 1.88 bits per heavy atom. The van der Waals surface area contributed by atoms with Crippen LogP contribution in [0.5, 0.6) is 5.75 Å². The molecule has 0 heterocycles. The van der Waals surface area contributed by atoms with Gasteiger partial charge in [0.25, 0.3) is 5.91 Å². The lowest BCUT2D eigenvalue weighted by molar-refractivity contribution is -0.120. The zero-order valence-electron chi connectivity index (χ0n) is 18.8. The first kappa shape index (κ1) is 22.4. The van der Waals surface area contributed by atoms with Crippen molar-refractivity contribution in [2.45, 2.75) is 58.5 Å². The highest BCUT2D eigenvalue weighted by Crippen LogP contribution is 2.56. The molecule has 3 aliphatic carbocycles. The first-order chi connectivity index (χ1) is 14.9. The summed E-state index contributed by atoms with van der Waals surface area (Å²) in [6.07, 6.45) is 1.41. The standard InChI is InChI=1S/C25H31NO6/c1-5-12-15-9-11-8-14-13(10(2)3)6-7-16(27)18(14)22(29)17(11)23(30)19(15)25(4,32)20(21(12)28)24(26)31/h6-7,10-12,15,19,27-28,30,32H,5,8-9H2,1-4H3,(H2,26,31). The second-order valence-electron chi connectivity index (χ2n) is 9.88. The van der Waals surface area contributed by atoms with Gasteiger partial charge in [-0.3, -0.25) is 9.59 Å². The van der Waals surface area contributed by atoms with Crippen molar-refractivity contribution in [3.8, 4) is 5.75 Å². The molecule has 0 spiro atoms. The summed E-state index contributed by atoms with van der Waals surface area (Å²) in [6, 6.07) is 3.34. The van der Waals surface area contributed by atoms with Crippen molar-refractivity contribution in [2.24, 2.45) is 29.4 Å². The highest BCUT2D eigenvalue weighted by Gasteiger charge is 2.58. The summed E-state index contributed by atoms with van der Waals surface area (Å²) in [6.45, 7) is 7.26. The average Bonchev–Trinajstić information content (AvgIpc) is 2.66. The van der Waals surface area contributed by atoms with Crippen LogP contribution in [-0.2, 0) is 11.2 Å². The molecule has 7 heteroatoms. The summed E-state index contributed by atoms with van der Waals surface area (Å²) >= 11 is 0. The van der Waals surface area contributed by atoms with Crippen molar-refractivity contribution in [3.05, 3.63) is 51.5 Å². The predicted octanol–water partition coefficient (Wildman–Crippen LogP) is 3.41. The molecule has 6 N–H and O–H groups in total. The maximum Gasteiger partial charge on any atom is 0.250 e. The number of phenolic OH excluding ortho intramolecular Hbond substituents is 1. The van der Waals surface area contributed by atoms with E-state index in [9.17, 15) is 30.0 Å². The van der Waals surface area contributed by atoms with E-state index in [1.54, 1.807) is 0 Å². The third-order valence-electron chi connectivity index (χ3n) is 7.76. The number of hydrogen-bond acceptors (Lipinski definition) is 6. The number of rotatable bonds is 3. The van der Waals surface area contributed by atoms with Gasteiger partial charge in [-0.1, -0.05) is 26.8 Å². The molecule has 1 aromatic carbocycles. The van der Waals surface area contributed by atoms with Crippen molar-refractivity contribution in [3.63, 3.8) is 0 Å². The van der Waals surface area contributed by atoms with Gasteiger partial charge in [0.05, 0.1) is 17.1 Å². The van der Waals surface area contributed by atoms with E-state index in [2.05, 4.69) is 0 Å². The molecule has 5 unspecified atom stereocenters. The number of ketones is 1. The molecular formula is C25H31NO6. The number of nitrogens with two attached hydrogens (primary N) is 1. The monoisotopic (exact) mass is 441 g/mol.